The lowest BCUT2D eigenvalue weighted by molar-refractivity contribution is -0.884. The fourth-order valence-electron chi connectivity index (χ4n) is 1.43. The van der Waals surface area contributed by atoms with Crippen LogP contribution in [-0.4, -0.2) is 66.6 Å². The van der Waals surface area contributed by atoms with Crippen molar-refractivity contribution in [3.63, 3.8) is 0 Å². The summed E-state index contributed by atoms with van der Waals surface area (Å²) < 4.78 is 28.1. The zero-order chi connectivity index (χ0) is 17.3. The molecule has 0 aliphatic carbocycles. The van der Waals surface area contributed by atoms with Gasteiger partial charge in [-0.2, -0.15) is 0 Å². The lowest BCUT2D eigenvalue weighted by Gasteiger charge is -2.25. The predicted octanol–water partition coefficient (Wildman–Crippen LogP) is 1.38. The summed E-state index contributed by atoms with van der Waals surface area (Å²) in [5, 5.41) is 0. The second-order valence-corrected chi connectivity index (χ2v) is 6.43. The highest BCUT2D eigenvalue weighted by Crippen LogP contribution is 2.21. The standard InChI is InChI=1S/C13H21N2O2.CH4O3S/c1-14(2)13(16)17-12-9-7-6-8-11(12)10-15(3,4)5;1-4-5(2)3/h6-9H,10H2,1-5H3;1H3,(H,2,3)/q+1;/p-1. The minimum absolute atomic E-state index is 0.348. The molecule has 8 heteroatoms. The number of ether oxygens (including phenoxy) is 1. The molecule has 7 nitrogen and oxygen atoms in total. The Morgan fingerprint density at radius 2 is 1.77 bits per heavy atom. The number of para-hydroxylation sites is 1. The van der Waals surface area contributed by atoms with Crippen molar-refractivity contribution in [2.24, 2.45) is 0 Å². The molecule has 0 saturated heterocycles. The van der Waals surface area contributed by atoms with Crippen molar-refractivity contribution in [3.8, 4) is 5.75 Å². The molecular formula is C14H24N2O5S. The summed E-state index contributed by atoms with van der Waals surface area (Å²) >= 11 is -2.32. The molecule has 1 unspecified atom stereocenters. The van der Waals surface area contributed by atoms with Gasteiger partial charge in [0, 0.05) is 19.7 Å². The normalized spacial score (nSPS) is 12.0. The molecule has 1 amide bonds. The molecule has 0 radical (unpaired) electrons. The first-order chi connectivity index (χ1) is 10.1. The first-order valence-electron chi connectivity index (χ1n) is 6.48. The maximum absolute atomic E-state index is 11.5. The second kappa shape index (κ2) is 9.52. The Hall–Kier alpha value is -1.48. The van der Waals surface area contributed by atoms with E-state index in [2.05, 4.69) is 25.3 Å². The van der Waals surface area contributed by atoms with Gasteiger partial charge in [0.1, 0.15) is 12.3 Å². The minimum Gasteiger partial charge on any atom is -0.750 e. The van der Waals surface area contributed by atoms with Crippen LogP contribution in [0.1, 0.15) is 5.56 Å². The number of carbonyl (C=O) groups is 1. The molecule has 22 heavy (non-hydrogen) atoms. The van der Waals surface area contributed by atoms with E-state index in [1.54, 1.807) is 14.1 Å². The van der Waals surface area contributed by atoms with Gasteiger partial charge in [-0.1, -0.05) is 12.1 Å². The number of quaternary nitrogens is 1. The van der Waals surface area contributed by atoms with E-state index in [1.807, 2.05) is 24.3 Å². The van der Waals surface area contributed by atoms with Gasteiger partial charge in [-0.3, -0.25) is 0 Å². The summed E-state index contributed by atoms with van der Waals surface area (Å²) in [6.45, 7) is 0.816. The molecule has 126 valence electrons. The zero-order valence-electron chi connectivity index (χ0n) is 13.9. The van der Waals surface area contributed by atoms with E-state index in [1.165, 1.54) is 4.90 Å². The van der Waals surface area contributed by atoms with E-state index in [4.69, 9.17) is 13.5 Å². The maximum Gasteiger partial charge on any atom is 0.414 e. The van der Waals surface area contributed by atoms with Crippen LogP contribution >= 0.6 is 0 Å². The Bertz CT molecular complexity index is 500. The number of hydrogen-bond donors (Lipinski definition) is 0. The Morgan fingerprint density at radius 3 is 2.18 bits per heavy atom. The molecule has 0 aliphatic heterocycles. The number of rotatable bonds is 4. The van der Waals surface area contributed by atoms with Crippen LogP contribution in [0, 0.1) is 0 Å². The summed E-state index contributed by atoms with van der Waals surface area (Å²) in [5.41, 5.74) is 1.04. The fourth-order valence-corrected chi connectivity index (χ4v) is 1.43. The molecule has 0 N–H and O–H groups in total. The van der Waals surface area contributed by atoms with E-state index < -0.39 is 11.4 Å². The van der Waals surface area contributed by atoms with Gasteiger partial charge in [0.05, 0.1) is 39.6 Å². The Morgan fingerprint density at radius 1 is 1.27 bits per heavy atom. The van der Waals surface area contributed by atoms with Crippen LogP contribution < -0.4 is 4.74 Å². The van der Waals surface area contributed by atoms with Gasteiger partial charge in [-0.25, -0.2) is 9.00 Å². The van der Waals surface area contributed by atoms with E-state index in [0.717, 1.165) is 23.7 Å². The average Bonchev–Trinajstić information content (AvgIpc) is 2.39. The third kappa shape index (κ3) is 9.46. The third-order valence-corrected chi connectivity index (χ3v) is 2.59. The van der Waals surface area contributed by atoms with E-state index in [0.29, 0.717) is 5.75 Å². The smallest absolute Gasteiger partial charge is 0.414 e. The zero-order valence-corrected chi connectivity index (χ0v) is 14.7. The fraction of sp³-hybridized carbons (Fsp3) is 0.500. The summed E-state index contributed by atoms with van der Waals surface area (Å²) in [7, 11) is 10.7. The lowest BCUT2D eigenvalue weighted by Crippen LogP contribution is -2.34. The van der Waals surface area contributed by atoms with Gasteiger partial charge in [0.2, 0.25) is 0 Å². The largest absolute Gasteiger partial charge is 0.750 e. The van der Waals surface area contributed by atoms with Crippen molar-refractivity contribution in [2.45, 2.75) is 6.54 Å². The summed E-state index contributed by atoms with van der Waals surface area (Å²) in [4.78, 5) is 12.9. The quantitative estimate of drug-likeness (QED) is 0.615. The Kier molecular flexibility index (Phi) is 8.88. The van der Waals surface area contributed by atoms with Gasteiger partial charge in [0.15, 0.2) is 0 Å². The van der Waals surface area contributed by atoms with Gasteiger partial charge in [-0.15, -0.1) is 0 Å². The van der Waals surface area contributed by atoms with Crippen LogP contribution in [0.2, 0.25) is 0 Å². The molecule has 1 aromatic carbocycles. The number of carbonyl (C=O) groups excluding carboxylic acids is 1. The van der Waals surface area contributed by atoms with Crippen molar-refractivity contribution < 1.29 is 27.0 Å². The van der Waals surface area contributed by atoms with Crippen molar-refractivity contribution in [2.75, 3.05) is 42.3 Å². The monoisotopic (exact) mass is 332 g/mol. The summed E-state index contributed by atoms with van der Waals surface area (Å²) in [5.74, 6) is 0.638. The number of benzene rings is 1. The molecule has 0 aliphatic rings. The topological polar surface area (TPSA) is 78.9 Å². The van der Waals surface area contributed by atoms with Crippen molar-refractivity contribution in [1.82, 2.24) is 4.90 Å². The summed E-state index contributed by atoms with van der Waals surface area (Å²) in [6, 6.07) is 7.64. The molecular weight excluding hydrogens is 308 g/mol. The molecule has 1 aromatic rings. The molecule has 0 fully saturated rings. The van der Waals surface area contributed by atoms with Crippen LogP contribution in [-0.2, 0) is 22.1 Å². The number of hydrogen-bond acceptors (Lipinski definition) is 5. The predicted molar refractivity (Wildman–Crippen MR) is 83.8 cm³/mol. The Balaban J connectivity index is 0.000000763. The molecule has 0 saturated carbocycles. The molecule has 1 rings (SSSR count). The van der Waals surface area contributed by atoms with Crippen LogP contribution in [0.25, 0.3) is 0 Å². The van der Waals surface area contributed by atoms with Gasteiger partial charge >= 0.3 is 6.09 Å². The van der Waals surface area contributed by atoms with Crippen molar-refractivity contribution in [1.29, 1.82) is 0 Å². The van der Waals surface area contributed by atoms with Crippen molar-refractivity contribution >= 4 is 17.5 Å². The SMILES string of the molecule is CN(C)C(=O)Oc1ccccc1C[N+](C)(C)C.COS(=O)[O-]. The van der Waals surface area contributed by atoms with Crippen LogP contribution in [0.3, 0.4) is 0 Å². The summed E-state index contributed by atoms with van der Waals surface area (Å²) in [6.07, 6.45) is -0.348. The lowest BCUT2D eigenvalue weighted by atomic mass is 10.2. The number of amides is 1. The average molecular weight is 332 g/mol. The Labute approximate surface area is 134 Å². The van der Waals surface area contributed by atoms with E-state index in [9.17, 15) is 4.79 Å². The van der Waals surface area contributed by atoms with E-state index in [-0.39, 0.29) is 6.09 Å². The molecule has 0 aromatic heterocycles. The minimum atomic E-state index is -2.32. The molecule has 1 atom stereocenters. The van der Waals surface area contributed by atoms with Gasteiger partial charge in [0.25, 0.3) is 0 Å². The molecule has 0 heterocycles. The van der Waals surface area contributed by atoms with Gasteiger partial charge in [-0.05, 0) is 12.1 Å². The molecule has 0 spiro atoms. The maximum atomic E-state index is 11.5. The molecule has 0 bridgehead atoms. The highest BCUT2D eigenvalue weighted by molar-refractivity contribution is 7.74. The third-order valence-electron chi connectivity index (χ3n) is 2.32. The van der Waals surface area contributed by atoms with E-state index >= 15 is 0 Å². The first-order valence-corrected chi connectivity index (χ1v) is 7.48. The highest BCUT2D eigenvalue weighted by atomic mass is 32.2. The first kappa shape index (κ1) is 20.5. The van der Waals surface area contributed by atoms with Crippen LogP contribution in [0.15, 0.2) is 24.3 Å². The highest BCUT2D eigenvalue weighted by Gasteiger charge is 2.15. The van der Waals surface area contributed by atoms with Crippen LogP contribution in [0.5, 0.6) is 5.75 Å². The van der Waals surface area contributed by atoms with Gasteiger partial charge < -0.3 is 22.9 Å². The van der Waals surface area contributed by atoms with Crippen LogP contribution in [0.4, 0.5) is 4.79 Å². The van der Waals surface area contributed by atoms with Crippen molar-refractivity contribution in [3.05, 3.63) is 29.8 Å². The number of nitrogens with zero attached hydrogens (tertiary/aromatic N) is 2. The second-order valence-electron chi connectivity index (χ2n) is 5.69.